The number of hydrogen-bond acceptors (Lipinski definition) is 6. The number of carbonyl (C=O) groups excluding carboxylic acids is 2. The number of aromatic nitrogens is 2. The van der Waals surface area contributed by atoms with Crippen molar-refractivity contribution in [2.24, 2.45) is 0 Å². The van der Waals surface area contributed by atoms with Crippen LogP contribution in [0.4, 0.5) is 0 Å². The van der Waals surface area contributed by atoms with Crippen LogP contribution in [-0.2, 0) is 16.0 Å². The zero-order valence-corrected chi connectivity index (χ0v) is 16.6. The quantitative estimate of drug-likeness (QED) is 0.782. The molecule has 1 aromatic carbocycles. The third-order valence-corrected chi connectivity index (χ3v) is 5.03. The number of amides is 2. The molecule has 1 unspecified atom stereocenters. The average molecular weight is 386 g/mol. The Morgan fingerprint density at radius 2 is 1.96 bits per heavy atom. The van der Waals surface area contributed by atoms with Crippen LogP contribution in [0.15, 0.2) is 28.8 Å². The van der Waals surface area contributed by atoms with E-state index in [1.54, 1.807) is 18.9 Å². The second-order valence-corrected chi connectivity index (χ2v) is 6.93. The molecule has 0 N–H and O–H groups in total. The Bertz CT molecular complexity index is 818. The highest BCUT2D eigenvalue weighted by Gasteiger charge is 2.32. The van der Waals surface area contributed by atoms with Gasteiger partial charge in [0.05, 0.1) is 7.11 Å². The van der Waals surface area contributed by atoms with Crippen LogP contribution in [-0.4, -0.2) is 58.5 Å². The molecule has 2 amide bonds. The Balaban J connectivity index is 1.61. The van der Waals surface area contributed by atoms with Crippen molar-refractivity contribution in [2.45, 2.75) is 39.2 Å². The van der Waals surface area contributed by atoms with E-state index < -0.39 is 0 Å². The lowest BCUT2D eigenvalue weighted by molar-refractivity contribution is -0.133. The molecule has 8 heteroatoms. The Morgan fingerprint density at radius 3 is 2.57 bits per heavy atom. The van der Waals surface area contributed by atoms with E-state index in [1.807, 2.05) is 29.2 Å². The number of ether oxygens (including phenoxy) is 1. The van der Waals surface area contributed by atoms with Crippen LogP contribution >= 0.6 is 0 Å². The predicted octanol–water partition coefficient (Wildman–Crippen LogP) is 2.14. The van der Waals surface area contributed by atoms with E-state index >= 15 is 0 Å². The molecule has 2 heterocycles. The molecule has 0 bridgehead atoms. The second-order valence-electron chi connectivity index (χ2n) is 6.93. The monoisotopic (exact) mass is 386 g/mol. The molecule has 1 fully saturated rings. The van der Waals surface area contributed by atoms with Gasteiger partial charge in [-0.25, -0.2) is 0 Å². The zero-order chi connectivity index (χ0) is 20.1. The van der Waals surface area contributed by atoms with Gasteiger partial charge in [0.1, 0.15) is 11.8 Å². The molecule has 1 saturated heterocycles. The highest BCUT2D eigenvalue weighted by Crippen LogP contribution is 2.26. The first-order chi connectivity index (χ1) is 13.5. The maximum Gasteiger partial charge on any atom is 0.249 e. The normalized spacial score (nSPS) is 17.3. The van der Waals surface area contributed by atoms with Crippen LogP contribution < -0.4 is 4.74 Å². The van der Waals surface area contributed by atoms with Crippen LogP contribution in [0.25, 0.3) is 0 Å². The molecule has 28 heavy (non-hydrogen) atoms. The number of nitrogens with zero attached hydrogens (tertiary/aromatic N) is 4. The molecule has 1 atom stereocenters. The van der Waals surface area contributed by atoms with Gasteiger partial charge < -0.3 is 19.1 Å². The molecule has 0 aliphatic carbocycles. The molecular formula is C20H26N4O4. The lowest BCUT2D eigenvalue weighted by Crippen LogP contribution is -2.37. The maximum absolute atomic E-state index is 12.7. The maximum atomic E-state index is 12.7. The smallest absolute Gasteiger partial charge is 0.249 e. The topological polar surface area (TPSA) is 88.8 Å². The van der Waals surface area contributed by atoms with Gasteiger partial charge in [-0.05, 0) is 37.5 Å². The van der Waals surface area contributed by atoms with Crippen molar-refractivity contribution < 1.29 is 18.8 Å². The Hall–Kier alpha value is -2.90. The van der Waals surface area contributed by atoms with Crippen LogP contribution in [0.3, 0.4) is 0 Å². The van der Waals surface area contributed by atoms with E-state index in [-0.39, 0.29) is 17.9 Å². The lowest BCUT2D eigenvalue weighted by atomic mass is 10.1. The van der Waals surface area contributed by atoms with E-state index in [4.69, 9.17) is 9.26 Å². The number of methoxy groups -OCH3 is 1. The first kappa shape index (κ1) is 19.9. The molecule has 3 rings (SSSR count). The summed E-state index contributed by atoms with van der Waals surface area (Å²) in [6, 6.07) is 7.44. The number of aryl methyl sites for hydroxylation is 2. The fourth-order valence-corrected chi connectivity index (χ4v) is 3.46. The summed E-state index contributed by atoms with van der Waals surface area (Å²) in [5.74, 6) is 1.79. The zero-order valence-electron chi connectivity index (χ0n) is 16.6. The van der Waals surface area contributed by atoms with E-state index in [9.17, 15) is 9.59 Å². The fraction of sp³-hybridized carbons (Fsp3) is 0.500. The van der Waals surface area contributed by atoms with Gasteiger partial charge in [0.25, 0.3) is 0 Å². The van der Waals surface area contributed by atoms with Crippen molar-refractivity contribution in [3.63, 3.8) is 0 Å². The predicted molar refractivity (Wildman–Crippen MR) is 102 cm³/mol. The van der Waals surface area contributed by atoms with Crippen molar-refractivity contribution in [1.29, 1.82) is 0 Å². The number of benzene rings is 1. The minimum absolute atomic E-state index is 0.0617. The van der Waals surface area contributed by atoms with Gasteiger partial charge in [-0.2, -0.15) is 4.98 Å². The van der Waals surface area contributed by atoms with Crippen LogP contribution in [0.2, 0.25) is 0 Å². The largest absolute Gasteiger partial charge is 0.497 e. The first-order valence-electron chi connectivity index (χ1n) is 9.46. The summed E-state index contributed by atoms with van der Waals surface area (Å²) < 4.78 is 10.4. The molecule has 2 aromatic rings. The number of hydrogen-bond donors (Lipinski definition) is 0. The van der Waals surface area contributed by atoms with Crippen molar-refractivity contribution in [2.75, 3.05) is 26.7 Å². The highest BCUT2D eigenvalue weighted by atomic mass is 16.5. The third kappa shape index (κ3) is 4.68. The van der Waals surface area contributed by atoms with E-state index in [2.05, 4.69) is 10.1 Å². The van der Waals surface area contributed by atoms with Gasteiger partial charge in [-0.3, -0.25) is 9.59 Å². The van der Waals surface area contributed by atoms with Crippen molar-refractivity contribution in [3.05, 3.63) is 41.5 Å². The van der Waals surface area contributed by atoms with Gasteiger partial charge in [-0.15, -0.1) is 0 Å². The van der Waals surface area contributed by atoms with Gasteiger partial charge in [0.2, 0.25) is 17.7 Å². The summed E-state index contributed by atoms with van der Waals surface area (Å²) in [6.07, 6.45) is 1.67. The number of rotatable bonds is 5. The van der Waals surface area contributed by atoms with Crippen molar-refractivity contribution in [3.8, 4) is 5.75 Å². The molecule has 1 aliphatic heterocycles. The van der Waals surface area contributed by atoms with Crippen LogP contribution in [0, 0.1) is 6.92 Å². The molecule has 0 radical (unpaired) electrons. The fourth-order valence-electron chi connectivity index (χ4n) is 3.46. The van der Waals surface area contributed by atoms with Crippen molar-refractivity contribution in [1.82, 2.24) is 19.9 Å². The lowest BCUT2D eigenvalue weighted by Gasteiger charge is -2.25. The SMILES string of the molecule is COc1ccc(CCC(=O)N2CCC(c3nc(C)no3)N(C(C)=O)CC2)cc1. The summed E-state index contributed by atoms with van der Waals surface area (Å²) in [4.78, 5) is 32.6. The van der Waals surface area contributed by atoms with E-state index in [0.29, 0.717) is 50.6 Å². The van der Waals surface area contributed by atoms with Gasteiger partial charge >= 0.3 is 0 Å². The molecule has 0 saturated carbocycles. The van der Waals surface area contributed by atoms with Crippen LogP contribution in [0.5, 0.6) is 5.75 Å². The first-order valence-corrected chi connectivity index (χ1v) is 9.46. The highest BCUT2D eigenvalue weighted by molar-refractivity contribution is 5.77. The van der Waals surface area contributed by atoms with Crippen LogP contribution in [0.1, 0.15) is 43.1 Å². The summed E-state index contributed by atoms with van der Waals surface area (Å²) >= 11 is 0. The van der Waals surface area contributed by atoms with Gasteiger partial charge in [-0.1, -0.05) is 17.3 Å². The Kier molecular flexibility index (Phi) is 6.28. The number of carbonyl (C=O) groups is 2. The standard InChI is InChI=1S/C20H26N4O4/c1-14-21-20(28-22-14)18-10-11-23(12-13-24(18)15(2)25)19(26)9-6-16-4-7-17(27-3)8-5-16/h4-5,7-8,18H,6,9-13H2,1-3H3. The molecule has 8 nitrogen and oxygen atoms in total. The summed E-state index contributed by atoms with van der Waals surface area (Å²) in [6.45, 7) is 4.78. The van der Waals surface area contributed by atoms with E-state index in [1.165, 1.54) is 6.92 Å². The minimum Gasteiger partial charge on any atom is -0.497 e. The summed E-state index contributed by atoms with van der Waals surface area (Å²) in [7, 11) is 1.63. The Morgan fingerprint density at radius 1 is 1.21 bits per heavy atom. The van der Waals surface area contributed by atoms with Gasteiger partial charge in [0, 0.05) is 33.0 Å². The van der Waals surface area contributed by atoms with E-state index in [0.717, 1.165) is 11.3 Å². The minimum atomic E-state index is -0.293. The third-order valence-electron chi connectivity index (χ3n) is 5.03. The summed E-state index contributed by atoms with van der Waals surface area (Å²) in [5, 5.41) is 3.83. The van der Waals surface area contributed by atoms with Gasteiger partial charge in [0.15, 0.2) is 5.82 Å². The molecule has 1 aromatic heterocycles. The second kappa shape index (κ2) is 8.86. The summed E-state index contributed by atoms with van der Waals surface area (Å²) in [5.41, 5.74) is 1.09. The molecule has 150 valence electrons. The molecule has 0 spiro atoms. The van der Waals surface area contributed by atoms with Crippen molar-refractivity contribution >= 4 is 11.8 Å². The molecular weight excluding hydrogens is 360 g/mol. The average Bonchev–Trinajstić information content (AvgIpc) is 2.99. The molecule has 1 aliphatic rings. The Labute approximate surface area is 164 Å².